The van der Waals surface area contributed by atoms with Crippen LogP contribution in [-0.2, 0) is 0 Å². The van der Waals surface area contributed by atoms with Gasteiger partial charge in [0.2, 0.25) is 4.91 Å². The molecule has 0 radical (unpaired) electrons. The second kappa shape index (κ2) is 4.80. The summed E-state index contributed by atoms with van der Waals surface area (Å²) in [6.07, 6.45) is 3.86. The number of allylic oxidation sites excluding steroid dienone is 1. The Hall–Kier alpha value is -0.950. The summed E-state index contributed by atoms with van der Waals surface area (Å²) in [5.74, 6) is 0. The second-order valence-corrected chi connectivity index (χ2v) is 3.37. The molecule has 0 aromatic rings. The predicted octanol–water partition coefficient (Wildman–Crippen LogP) is 2.53. The van der Waals surface area contributed by atoms with Crippen LogP contribution < -0.4 is 4.91 Å². The van der Waals surface area contributed by atoms with E-state index in [-0.39, 0.29) is 5.41 Å². The minimum Gasteiger partial charge on any atom is -0.103 e. The van der Waals surface area contributed by atoms with Crippen molar-refractivity contribution >= 4 is 0 Å². The van der Waals surface area contributed by atoms with Crippen molar-refractivity contribution in [1.29, 1.82) is 5.53 Å². The molecule has 62 valence electrons. The Balaban J connectivity index is 3.70. The fraction of sp³-hybridized carbons (Fsp3) is 0.750. The molecule has 0 atom stereocenters. The van der Waals surface area contributed by atoms with Crippen LogP contribution in [0.1, 0.15) is 26.7 Å². The fourth-order valence-electron chi connectivity index (χ4n) is 0.895. The lowest BCUT2D eigenvalue weighted by Crippen LogP contribution is -2.11. The van der Waals surface area contributed by atoms with E-state index in [0.29, 0.717) is 6.54 Å². The number of rotatable bonds is 5. The maximum Gasteiger partial charge on any atom is 0.214 e. The molecule has 0 unspecified atom stereocenters. The van der Waals surface area contributed by atoms with E-state index in [0.717, 1.165) is 12.8 Å². The van der Waals surface area contributed by atoms with Gasteiger partial charge in [0.05, 0.1) is 0 Å². The third kappa shape index (κ3) is 5.49. The van der Waals surface area contributed by atoms with Gasteiger partial charge in [0.25, 0.3) is 0 Å². The molecule has 0 aromatic carbocycles. The van der Waals surface area contributed by atoms with Crippen LogP contribution in [0.4, 0.5) is 0 Å². The Morgan fingerprint density at radius 1 is 1.64 bits per heavy atom. The van der Waals surface area contributed by atoms with Crippen LogP contribution in [0.15, 0.2) is 17.8 Å². The van der Waals surface area contributed by atoms with E-state index in [1.165, 1.54) is 0 Å². The zero-order chi connectivity index (χ0) is 8.74. The van der Waals surface area contributed by atoms with E-state index in [1.807, 2.05) is 6.08 Å². The first-order valence-corrected chi connectivity index (χ1v) is 3.76. The van der Waals surface area contributed by atoms with Crippen molar-refractivity contribution in [2.24, 2.45) is 10.5 Å². The van der Waals surface area contributed by atoms with Gasteiger partial charge in [-0.05, 0) is 18.3 Å². The van der Waals surface area contributed by atoms with Gasteiger partial charge in [-0.1, -0.05) is 19.9 Å². The molecule has 0 amide bonds. The Morgan fingerprint density at radius 3 is 2.73 bits per heavy atom. The number of nitrogens with one attached hydrogen (secondary N) is 1. The second-order valence-electron chi connectivity index (χ2n) is 3.37. The predicted molar refractivity (Wildman–Crippen MR) is 45.4 cm³/mol. The minimum absolute atomic E-state index is 0.246. The first kappa shape index (κ1) is 10.0. The summed E-state index contributed by atoms with van der Waals surface area (Å²) in [6, 6.07) is 0. The highest BCUT2D eigenvalue weighted by atomic mass is 15.1. The zero-order valence-corrected chi connectivity index (χ0v) is 7.30. The minimum atomic E-state index is 0.246. The molecule has 0 aromatic heterocycles. The van der Waals surface area contributed by atoms with Gasteiger partial charge < -0.3 is 0 Å². The van der Waals surface area contributed by atoms with Gasteiger partial charge in [-0.3, -0.25) is 0 Å². The molecule has 0 aliphatic carbocycles. The monoisotopic (exact) mass is 154 g/mol. The quantitative estimate of drug-likeness (QED) is 0.359. The summed E-state index contributed by atoms with van der Waals surface area (Å²) in [6.45, 7) is 8.65. The highest BCUT2D eigenvalue weighted by molar-refractivity contribution is 4.79. The van der Waals surface area contributed by atoms with Gasteiger partial charge in [0, 0.05) is 0 Å². The maximum absolute atomic E-state index is 6.45. The Morgan fingerprint density at radius 2 is 2.27 bits per heavy atom. The molecule has 0 fully saturated rings. The first-order chi connectivity index (χ1) is 5.12. The molecule has 0 spiro atoms. The van der Waals surface area contributed by atoms with Crippen LogP contribution in [0.2, 0.25) is 0 Å². The third-order valence-corrected chi connectivity index (χ3v) is 1.66. The van der Waals surface area contributed by atoms with Gasteiger partial charge in [0.15, 0.2) is 0 Å². The number of hydrogen-bond donors (Lipinski definition) is 1. The SMILES string of the molecule is C=CCC(C)(C)CCN=[N+]=N. The fourth-order valence-corrected chi connectivity index (χ4v) is 0.895. The van der Waals surface area contributed by atoms with Gasteiger partial charge in [-0.2, -0.15) is 0 Å². The molecule has 0 saturated carbocycles. The van der Waals surface area contributed by atoms with Crippen molar-refractivity contribution < 1.29 is 0 Å². The van der Waals surface area contributed by atoms with E-state index >= 15 is 0 Å². The third-order valence-electron chi connectivity index (χ3n) is 1.66. The molecule has 1 N–H and O–H groups in total. The van der Waals surface area contributed by atoms with Gasteiger partial charge in [-0.25, -0.2) is 0 Å². The summed E-state index contributed by atoms with van der Waals surface area (Å²) in [5.41, 5.74) is 6.70. The normalized spacial score (nSPS) is 10.4. The van der Waals surface area contributed by atoms with Crippen molar-refractivity contribution in [2.75, 3.05) is 6.54 Å². The zero-order valence-electron chi connectivity index (χ0n) is 7.30. The molecule has 0 saturated heterocycles. The van der Waals surface area contributed by atoms with E-state index in [1.54, 1.807) is 0 Å². The van der Waals surface area contributed by atoms with Crippen LogP contribution in [0, 0.1) is 10.9 Å². The van der Waals surface area contributed by atoms with E-state index in [4.69, 9.17) is 5.53 Å². The molecule has 0 heterocycles. The Kier molecular flexibility index (Phi) is 4.39. The van der Waals surface area contributed by atoms with Crippen molar-refractivity contribution in [3.8, 4) is 0 Å². The molecule has 0 bridgehead atoms. The molecule has 0 aliphatic heterocycles. The van der Waals surface area contributed by atoms with Gasteiger partial charge in [0.1, 0.15) is 17.2 Å². The lowest BCUT2D eigenvalue weighted by Gasteiger charge is -2.19. The molecular weight excluding hydrogens is 138 g/mol. The molecule has 11 heavy (non-hydrogen) atoms. The van der Waals surface area contributed by atoms with Crippen LogP contribution >= 0.6 is 0 Å². The molecule has 3 nitrogen and oxygen atoms in total. The summed E-state index contributed by atoms with van der Waals surface area (Å²) >= 11 is 0. The van der Waals surface area contributed by atoms with Crippen molar-refractivity contribution in [3.05, 3.63) is 12.7 Å². The van der Waals surface area contributed by atoms with Crippen LogP contribution in [-0.4, -0.2) is 6.54 Å². The highest BCUT2D eigenvalue weighted by Crippen LogP contribution is 2.24. The topological polar surface area (TPSA) is 50.3 Å². The summed E-state index contributed by atoms with van der Waals surface area (Å²) in [4.78, 5) is 2.95. The van der Waals surface area contributed by atoms with Crippen molar-refractivity contribution in [3.63, 3.8) is 0 Å². The number of nitrogens with zero attached hydrogens (tertiary/aromatic N) is 2. The summed E-state index contributed by atoms with van der Waals surface area (Å²) in [7, 11) is 0. The largest absolute Gasteiger partial charge is 0.214 e. The lowest BCUT2D eigenvalue weighted by molar-refractivity contribution is 0.343. The number of hydrogen-bond acceptors (Lipinski definition) is 2. The standard InChI is InChI=1S/C8H16N3/c1-4-5-8(2,3)6-7-10-11-9/h4,9H,1,5-7H2,2-3H3/q+1. The summed E-state index contributed by atoms with van der Waals surface area (Å²) in [5, 5.41) is 3.60. The molecular formula is C8H16N3+. The van der Waals surface area contributed by atoms with Crippen LogP contribution in [0.5, 0.6) is 0 Å². The van der Waals surface area contributed by atoms with E-state index < -0.39 is 0 Å². The average molecular weight is 154 g/mol. The maximum atomic E-state index is 6.45. The smallest absolute Gasteiger partial charge is 0.103 e. The van der Waals surface area contributed by atoms with Gasteiger partial charge >= 0.3 is 0 Å². The Labute approximate surface area is 67.7 Å². The molecule has 0 aliphatic rings. The first-order valence-electron chi connectivity index (χ1n) is 3.76. The van der Waals surface area contributed by atoms with Crippen LogP contribution in [0.25, 0.3) is 0 Å². The van der Waals surface area contributed by atoms with E-state index in [2.05, 4.69) is 30.5 Å². The van der Waals surface area contributed by atoms with Crippen molar-refractivity contribution in [1.82, 2.24) is 4.91 Å². The van der Waals surface area contributed by atoms with E-state index in [9.17, 15) is 0 Å². The lowest BCUT2D eigenvalue weighted by atomic mass is 9.86. The van der Waals surface area contributed by atoms with Crippen LogP contribution in [0.3, 0.4) is 0 Å². The van der Waals surface area contributed by atoms with Gasteiger partial charge in [-0.15, -0.1) is 6.58 Å². The molecule has 3 heteroatoms. The Bertz CT molecular complexity index is 166. The average Bonchev–Trinajstić information content (AvgIpc) is 1.87. The van der Waals surface area contributed by atoms with Crippen molar-refractivity contribution in [2.45, 2.75) is 26.7 Å². The summed E-state index contributed by atoms with van der Waals surface area (Å²) < 4.78 is 0. The highest BCUT2D eigenvalue weighted by Gasteiger charge is 2.15. The molecule has 0 rings (SSSR count).